The molecule has 1 heterocycles. The van der Waals surface area contributed by atoms with Crippen LogP contribution in [-0.2, 0) is 14.9 Å². The van der Waals surface area contributed by atoms with Gasteiger partial charge in [-0.15, -0.1) is 0 Å². The molecule has 4 nitrogen and oxygen atoms in total. The molecule has 0 saturated heterocycles. The van der Waals surface area contributed by atoms with Gasteiger partial charge in [-0.2, -0.15) is 0 Å². The van der Waals surface area contributed by atoms with Crippen LogP contribution in [0.4, 0.5) is 0 Å². The Morgan fingerprint density at radius 3 is 2.35 bits per heavy atom. The van der Waals surface area contributed by atoms with E-state index in [9.17, 15) is 4.79 Å². The maximum Gasteiger partial charge on any atom is 0.316 e. The molecule has 1 fully saturated rings. The Kier molecular flexibility index (Phi) is 3.01. The first kappa shape index (κ1) is 12.8. The maximum absolute atomic E-state index is 11.8. The fourth-order valence-corrected chi connectivity index (χ4v) is 2.43. The summed E-state index contributed by atoms with van der Waals surface area (Å²) in [6, 6.07) is 7.94. The lowest BCUT2D eigenvalue weighted by molar-refractivity contribution is -0.143. The number of hydrogen-bond acceptors (Lipinski definition) is 4. The number of aromatic nitrogens is 2. The number of methoxy groups -OCH3 is 1. The van der Waals surface area contributed by atoms with Gasteiger partial charge >= 0.3 is 5.97 Å². The predicted octanol–water partition coefficient (Wildman–Crippen LogP) is 2.66. The van der Waals surface area contributed by atoms with Gasteiger partial charge in [-0.1, -0.05) is 24.3 Å². The van der Waals surface area contributed by atoms with E-state index in [-0.39, 0.29) is 5.97 Å². The minimum absolute atomic E-state index is 0.139. The van der Waals surface area contributed by atoms with Crippen molar-refractivity contribution in [1.82, 2.24) is 9.97 Å². The molecule has 0 bridgehead atoms. The van der Waals surface area contributed by atoms with Crippen molar-refractivity contribution in [2.75, 3.05) is 7.11 Å². The summed E-state index contributed by atoms with van der Waals surface area (Å²) < 4.78 is 4.90. The molecule has 102 valence electrons. The van der Waals surface area contributed by atoms with Crippen LogP contribution in [0.5, 0.6) is 0 Å². The Hall–Kier alpha value is -2.23. The third-order valence-corrected chi connectivity index (χ3v) is 3.84. The quantitative estimate of drug-likeness (QED) is 0.803. The van der Waals surface area contributed by atoms with E-state index in [0.717, 1.165) is 35.4 Å². The Bertz CT molecular complexity index is 629. The van der Waals surface area contributed by atoms with Crippen molar-refractivity contribution in [2.24, 2.45) is 0 Å². The van der Waals surface area contributed by atoms with E-state index in [1.54, 1.807) is 12.4 Å². The number of esters is 1. The summed E-state index contributed by atoms with van der Waals surface area (Å²) in [7, 11) is 1.44. The number of benzene rings is 1. The van der Waals surface area contributed by atoms with E-state index in [1.165, 1.54) is 7.11 Å². The molecule has 1 aliphatic carbocycles. The van der Waals surface area contributed by atoms with Gasteiger partial charge in [0.2, 0.25) is 0 Å². The first-order valence-electron chi connectivity index (χ1n) is 6.64. The molecule has 0 N–H and O–H groups in total. The van der Waals surface area contributed by atoms with Gasteiger partial charge in [0.25, 0.3) is 0 Å². The highest BCUT2D eigenvalue weighted by molar-refractivity contribution is 5.86. The van der Waals surface area contributed by atoms with E-state index in [2.05, 4.69) is 9.97 Å². The molecular formula is C16H16N2O2. The van der Waals surface area contributed by atoms with Crippen LogP contribution in [0.25, 0.3) is 11.3 Å². The van der Waals surface area contributed by atoms with Crippen LogP contribution in [0.15, 0.2) is 36.7 Å². The molecule has 0 amide bonds. The maximum atomic E-state index is 11.8. The van der Waals surface area contributed by atoms with Crippen LogP contribution in [0, 0.1) is 6.92 Å². The molecule has 0 atom stereocenters. The number of ether oxygens (including phenoxy) is 1. The number of rotatable bonds is 3. The van der Waals surface area contributed by atoms with Crippen LogP contribution >= 0.6 is 0 Å². The van der Waals surface area contributed by atoms with Crippen molar-refractivity contribution in [3.63, 3.8) is 0 Å². The Labute approximate surface area is 117 Å². The second-order valence-electron chi connectivity index (χ2n) is 5.19. The van der Waals surface area contributed by atoms with Crippen molar-refractivity contribution < 1.29 is 9.53 Å². The molecule has 3 rings (SSSR count). The van der Waals surface area contributed by atoms with E-state index < -0.39 is 5.41 Å². The first-order valence-corrected chi connectivity index (χ1v) is 6.64. The lowest BCUT2D eigenvalue weighted by Crippen LogP contribution is -2.21. The van der Waals surface area contributed by atoms with Crippen molar-refractivity contribution in [2.45, 2.75) is 25.2 Å². The number of carbonyl (C=O) groups is 1. The smallest absolute Gasteiger partial charge is 0.316 e. The average Bonchev–Trinajstić information content (AvgIpc) is 3.29. The average molecular weight is 268 g/mol. The molecule has 0 aliphatic heterocycles. The Morgan fingerprint density at radius 1 is 1.15 bits per heavy atom. The summed E-state index contributed by atoms with van der Waals surface area (Å²) in [6.07, 6.45) is 5.24. The normalized spacial score (nSPS) is 15.7. The van der Waals surface area contributed by atoms with Gasteiger partial charge in [-0.25, -0.2) is 0 Å². The monoisotopic (exact) mass is 268 g/mol. The van der Waals surface area contributed by atoms with E-state index in [1.807, 2.05) is 31.2 Å². The SMILES string of the molecule is COC(=O)C1(c2ccc(-c3cnc(C)cn3)cc2)CC1. The zero-order chi connectivity index (χ0) is 14.2. The minimum atomic E-state index is -0.410. The summed E-state index contributed by atoms with van der Waals surface area (Å²) in [4.78, 5) is 20.4. The van der Waals surface area contributed by atoms with Crippen LogP contribution in [-0.4, -0.2) is 23.0 Å². The van der Waals surface area contributed by atoms with E-state index >= 15 is 0 Å². The predicted molar refractivity (Wildman–Crippen MR) is 75.1 cm³/mol. The largest absolute Gasteiger partial charge is 0.468 e. The summed E-state index contributed by atoms with van der Waals surface area (Å²) in [6.45, 7) is 1.91. The number of hydrogen-bond donors (Lipinski definition) is 0. The summed E-state index contributed by atoms with van der Waals surface area (Å²) >= 11 is 0. The highest BCUT2D eigenvalue weighted by atomic mass is 16.5. The molecule has 1 saturated carbocycles. The molecule has 20 heavy (non-hydrogen) atoms. The van der Waals surface area contributed by atoms with Crippen molar-refractivity contribution >= 4 is 5.97 Å². The third-order valence-electron chi connectivity index (χ3n) is 3.84. The topological polar surface area (TPSA) is 52.1 Å². The van der Waals surface area contributed by atoms with Crippen molar-refractivity contribution in [1.29, 1.82) is 0 Å². The summed E-state index contributed by atoms with van der Waals surface area (Å²) in [5.41, 5.74) is 3.35. The summed E-state index contributed by atoms with van der Waals surface area (Å²) in [5.74, 6) is -0.139. The van der Waals surface area contributed by atoms with E-state index in [0.29, 0.717) is 0 Å². The number of aryl methyl sites for hydroxylation is 1. The number of carbonyl (C=O) groups excluding carboxylic acids is 1. The standard InChI is InChI=1S/C16H16N2O2/c1-11-9-18-14(10-17-11)12-3-5-13(6-4-12)16(7-8-16)15(19)20-2/h3-6,9-10H,7-8H2,1-2H3. The second-order valence-corrected chi connectivity index (χ2v) is 5.19. The fourth-order valence-electron chi connectivity index (χ4n) is 2.43. The first-order chi connectivity index (χ1) is 9.65. The van der Waals surface area contributed by atoms with Gasteiger partial charge in [0, 0.05) is 11.8 Å². The summed E-state index contributed by atoms with van der Waals surface area (Å²) in [5, 5.41) is 0. The molecule has 0 radical (unpaired) electrons. The van der Waals surface area contributed by atoms with Crippen LogP contribution < -0.4 is 0 Å². The van der Waals surface area contributed by atoms with Gasteiger partial charge < -0.3 is 4.74 Å². The van der Waals surface area contributed by atoms with Crippen LogP contribution in [0.3, 0.4) is 0 Å². The van der Waals surface area contributed by atoms with Crippen LogP contribution in [0.1, 0.15) is 24.1 Å². The molecule has 0 unspecified atom stereocenters. The molecular weight excluding hydrogens is 252 g/mol. The fraction of sp³-hybridized carbons (Fsp3) is 0.312. The number of nitrogens with zero attached hydrogens (tertiary/aromatic N) is 2. The lowest BCUT2D eigenvalue weighted by Gasteiger charge is -2.13. The zero-order valence-electron chi connectivity index (χ0n) is 11.6. The van der Waals surface area contributed by atoms with Crippen molar-refractivity contribution in [3.8, 4) is 11.3 Å². The molecule has 4 heteroatoms. The van der Waals surface area contributed by atoms with Gasteiger partial charge in [0.05, 0.1) is 30.1 Å². The second kappa shape index (κ2) is 4.71. The minimum Gasteiger partial charge on any atom is -0.468 e. The van der Waals surface area contributed by atoms with E-state index in [4.69, 9.17) is 4.74 Å². The van der Waals surface area contributed by atoms with Gasteiger partial charge in [0.15, 0.2) is 0 Å². The molecule has 2 aromatic rings. The Balaban J connectivity index is 1.89. The highest BCUT2D eigenvalue weighted by Gasteiger charge is 2.52. The molecule has 1 aromatic heterocycles. The van der Waals surface area contributed by atoms with Crippen molar-refractivity contribution in [3.05, 3.63) is 47.9 Å². The Morgan fingerprint density at radius 2 is 1.85 bits per heavy atom. The highest BCUT2D eigenvalue weighted by Crippen LogP contribution is 2.49. The van der Waals surface area contributed by atoms with Gasteiger partial charge in [-0.05, 0) is 25.3 Å². The van der Waals surface area contributed by atoms with Gasteiger partial charge in [-0.3, -0.25) is 14.8 Å². The molecule has 0 spiro atoms. The van der Waals surface area contributed by atoms with Gasteiger partial charge in [0.1, 0.15) is 0 Å². The molecule has 1 aliphatic rings. The zero-order valence-corrected chi connectivity index (χ0v) is 11.6. The lowest BCUT2D eigenvalue weighted by atomic mass is 9.95. The molecule has 1 aromatic carbocycles. The van der Waals surface area contributed by atoms with Crippen LogP contribution in [0.2, 0.25) is 0 Å². The third kappa shape index (κ3) is 2.07.